The molecule has 0 spiro atoms. The Kier molecular flexibility index (Phi) is 4.01. The molecule has 2 aromatic rings. The van der Waals surface area contributed by atoms with E-state index in [0.29, 0.717) is 6.04 Å². The second kappa shape index (κ2) is 5.54. The van der Waals surface area contributed by atoms with Crippen LogP contribution in [-0.4, -0.2) is 7.05 Å². The Labute approximate surface area is 114 Å². The summed E-state index contributed by atoms with van der Waals surface area (Å²) in [5, 5.41) is 3.22. The summed E-state index contributed by atoms with van der Waals surface area (Å²) < 4.78 is 13.3. The molecule has 1 nitrogen and oxygen atoms in total. The number of benzene rings is 2. The van der Waals surface area contributed by atoms with Crippen LogP contribution < -0.4 is 5.32 Å². The number of nitrogens with one attached hydrogen (secondary N) is 1. The van der Waals surface area contributed by atoms with Gasteiger partial charge in [0, 0.05) is 6.04 Å². The molecular weight excluding hydrogens is 237 g/mol. The van der Waals surface area contributed by atoms with Crippen molar-refractivity contribution in [3.8, 4) is 11.1 Å². The van der Waals surface area contributed by atoms with Crippen LogP contribution in [0.15, 0.2) is 36.4 Å². The highest BCUT2D eigenvalue weighted by Gasteiger charge is 2.09. The lowest BCUT2D eigenvalue weighted by atomic mass is 9.94. The van der Waals surface area contributed by atoms with Gasteiger partial charge in [0.1, 0.15) is 5.82 Å². The zero-order valence-corrected chi connectivity index (χ0v) is 11.9. The van der Waals surface area contributed by atoms with E-state index in [-0.39, 0.29) is 5.82 Å². The van der Waals surface area contributed by atoms with Crippen LogP contribution in [0.2, 0.25) is 0 Å². The van der Waals surface area contributed by atoms with Gasteiger partial charge in [-0.2, -0.15) is 0 Å². The maximum Gasteiger partial charge on any atom is 0.123 e. The summed E-state index contributed by atoms with van der Waals surface area (Å²) in [6, 6.07) is 12.0. The topological polar surface area (TPSA) is 12.0 Å². The maximum atomic E-state index is 13.3. The summed E-state index contributed by atoms with van der Waals surface area (Å²) in [5.74, 6) is -0.167. The van der Waals surface area contributed by atoms with E-state index in [1.54, 1.807) is 12.1 Å². The van der Waals surface area contributed by atoms with Gasteiger partial charge in [0.2, 0.25) is 0 Å². The fourth-order valence-electron chi connectivity index (χ4n) is 2.47. The summed E-state index contributed by atoms with van der Waals surface area (Å²) in [5.41, 5.74) is 5.48. The Balaban J connectivity index is 2.43. The summed E-state index contributed by atoms with van der Waals surface area (Å²) in [4.78, 5) is 0. The summed E-state index contributed by atoms with van der Waals surface area (Å²) in [6.45, 7) is 6.04. The van der Waals surface area contributed by atoms with E-state index in [2.05, 4.69) is 36.5 Å². The van der Waals surface area contributed by atoms with Crippen LogP contribution >= 0.6 is 0 Å². The minimum atomic E-state index is -0.167. The number of hydrogen-bond donors (Lipinski definition) is 1. The molecule has 100 valence electrons. The fraction of sp³-hybridized carbons (Fsp3) is 0.294. The van der Waals surface area contributed by atoms with Crippen molar-refractivity contribution in [2.45, 2.75) is 26.8 Å². The molecule has 1 unspecified atom stereocenters. The monoisotopic (exact) mass is 257 g/mol. The van der Waals surface area contributed by atoms with Crippen molar-refractivity contribution in [1.82, 2.24) is 5.32 Å². The van der Waals surface area contributed by atoms with Crippen molar-refractivity contribution < 1.29 is 4.39 Å². The van der Waals surface area contributed by atoms with Gasteiger partial charge < -0.3 is 5.32 Å². The Hall–Kier alpha value is -1.67. The molecule has 0 heterocycles. The van der Waals surface area contributed by atoms with Gasteiger partial charge in [0.05, 0.1) is 0 Å². The van der Waals surface area contributed by atoms with E-state index in [9.17, 15) is 4.39 Å². The Morgan fingerprint density at radius 2 is 1.53 bits per heavy atom. The molecule has 2 aromatic carbocycles. The summed E-state index contributed by atoms with van der Waals surface area (Å²) in [7, 11) is 1.95. The molecule has 0 radical (unpaired) electrons. The summed E-state index contributed by atoms with van der Waals surface area (Å²) in [6.07, 6.45) is 0. The molecule has 0 fully saturated rings. The summed E-state index contributed by atoms with van der Waals surface area (Å²) >= 11 is 0. The molecule has 1 atom stereocenters. The fourth-order valence-corrected chi connectivity index (χ4v) is 2.47. The van der Waals surface area contributed by atoms with Crippen LogP contribution in [0, 0.1) is 19.7 Å². The van der Waals surface area contributed by atoms with E-state index in [1.807, 2.05) is 20.9 Å². The Bertz CT molecular complexity index is 549. The standard InChI is InChI=1S/C17H20FN/c1-11-9-16(18)10-12(2)17(11)15-7-5-14(6-8-15)13(3)19-4/h5-10,13,19H,1-4H3. The smallest absolute Gasteiger partial charge is 0.123 e. The van der Waals surface area contributed by atoms with Crippen LogP contribution in [0.3, 0.4) is 0 Å². The molecule has 0 amide bonds. The third kappa shape index (κ3) is 2.85. The highest BCUT2D eigenvalue weighted by Crippen LogP contribution is 2.29. The van der Waals surface area contributed by atoms with Crippen molar-refractivity contribution in [2.75, 3.05) is 7.05 Å². The van der Waals surface area contributed by atoms with Gasteiger partial charge >= 0.3 is 0 Å². The molecule has 0 aliphatic heterocycles. The van der Waals surface area contributed by atoms with E-state index in [0.717, 1.165) is 22.3 Å². The average Bonchev–Trinajstić information content (AvgIpc) is 2.37. The van der Waals surface area contributed by atoms with Gasteiger partial charge in [-0.15, -0.1) is 0 Å². The van der Waals surface area contributed by atoms with Crippen molar-refractivity contribution in [3.63, 3.8) is 0 Å². The zero-order valence-electron chi connectivity index (χ0n) is 11.9. The lowest BCUT2D eigenvalue weighted by Gasteiger charge is -2.14. The van der Waals surface area contributed by atoms with E-state index in [1.165, 1.54) is 5.56 Å². The molecule has 1 N–H and O–H groups in total. The van der Waals surface area contributed by atoms with Crippen molar-refractivity contribution in [1.29, 1.82) is 0 Å². The maximum absolute atomic E-state index is 13.3. The van der Waals surface area contributed by atoms with E-state index >= 15 is 0 Å². The highest BCUT2D eigenvalue weighted by molar-refractivity contribution is 5.71. The second-order valence-electron chi connectivity index (χ2n) is 5.05. The Morgan fingerprint density at radius 3 is 2.00 bits per heavy atom. The van der Waals surface area contributed by atoms with Gasteiger partial charge in [-0.25, -0.2) is 4.39 Å². The number of hydrogen-bond acceptors (Lipinski definition) is 1. The first-order chi connectivity index (χ1) is 9.02. The molecule has 0 saturated heterocycles. The van der Waals surface area contributed by atoms with Crippen molar-refractivity contribution in [2.24, 2.45) is 0 Å². The van der Waals surface area contributed by atoms with Gasteiger partial charge in [-0.1, -0.05) is 24.3 Å². The normalized spacial score (nSPS) is 12.5. The van der Waals surface area contributed by atoms with Gasteiger partial charge in [-0.05, 0) is 67.8 Å². The number of halogens is 1. The van der Waals surface area contributed by atoms with Gasteiger partial charge in [0.25, 0.3) is 0 Å². The minimum Gasteiger partial charge on any atom is -0.313 e. The van der Waals surface area contributed by atoms with Crippen LogP contribution in [0.25, 0.3) is 11.1 Å². The molecule has 2 rings (SSSR count). The first kappa shape index (κ1) is 13.8. The van der Waals surface area contributed by atoms with Crippen LogP contribution in [0.1, 0.15) is 29.7 Å². The molecule has 0 bridgehead atoms. The molecule has 0 aromatic heterocycles. The molecule has 0 saturated carbocycles. The quantitative estimate of drug-likeness (QED) is 0.860. The van der Waals surface area contributed by atoms with Crippen LogP contribution in [-0.2, 0) is 0 Å². The lowest BCUT2D eigenvalue weighted by molar-refractivity contribution is 0.625. The zero-order chi connectivity index (χ0) is 14.0. The lowest BCUT2D eigenvalue weighted by Crippen LogP contribution is -2.11. The Morgan fingerprint density at radius 1 is 1.00 bits per heavy atom. The molecular formula is C17H20FN. The van der Waals surface area contributed by atoms with E-state index < -0.39 is 0 Å². The number of rotatable bonds is 3. The van der Waals surface area contributed by atoms with E-state index in [4.69, 9.17) is 0 Å². The predicted molar refractivity (Wildman–Crippen MR) is 78.8 cm³/mol. The SMILES string of the molecule is CNC(C)c1ccc(-c2c(C)cc(F)cc2C)cc1. The average molecular weight is 257 g/mol. The molecule has 0 aliphatic carbocycles. The molecule has 2 heteroatoms. The van der Waals surface area contributed by atoms with Gasteiger partial charge in [0.15, 0.2) is 0 Å². The largest absolute Gasteiger partial charge is 0.313 e. The van der Waals surface area contributed by atoms with Crippen LogP contribution in [0.5, 0.6) is 0 Å². The third-order valence-electron chi connectivity index (χ3n) is 3.63. The third-order valence-corrected chi connectivity index (χ3v) is 3.63. The first-order valence-corrected chi connectivity index (χ1v) is 6.57. The first-order valence-electron chi connectivity index (χ1n) is 6.57. The van der Waals surface area contributed by atoms with Crippen LogP contribution in [0.4, 0.5) is 4.39 Å². The second-order valence-corrected chi connectivity index (χ2v) is 5.05. The predicted octanol–water partition coefficient (Wildman–Crippen LogP) is 4.39. The van der Waals surface area contributed by atoms with Gasteiger partial charge in [-0.3, -0.25) is 0 Å². The molecule has 19 heavy (non-hydrogen) atoms. The molecule has 0 aliphatic rings. The highest BCUT2D eigenvalue weighted by atomic mass is 19.1. The van der Waals surface area contributed by atoms with Crippen molar-refractivity contribution >= 4 is 0 Å². The number of aryl methyl sites for hydroxylation is 2. The minimum absolute atomic E-state index is 0.167. The van der Waals surface area contributed by atoms with Crippen molar-refractivity contribution in [3.05, 3.63) is 58.9 Å².